The van der Waals surface area contributed by atoms with Gasteiger partial charge in [0, 0.05) is 18.2 Å². The highest BCUT2D eigenvalue weighted by Gasteiger charge is 2.27. The van der Waals surface area contributed by atoms with Crippen molar-refractivity contribution in [3.63, 3.8) is 0 Å². The molecule has 1 aliphatic rings. The van der Waals surface area contributed by atoms with Gasteiger partial charge in [0.2, 0.25) is 0 Å². The Bertz CT molecular complexity index is 391. The molecule has 0 aromatic heterocycles. The van der Waals surface area contributed by atoms with E-state index >= 15 is 0 Å². The summed E-state index contributed by atoms with van der Waals surface area (Å²) in [6, 6.07) is 7.86. The number of hydrogen-bond acceptors (Lipinski definition) is 4. The van der Waals surface area contributed by atoms with Crippen LogP contribution >= 0.6 is 0 Å². The van der Waals surface area contributed by atoms with Crippen LogP contribution < -0.4 is 10.5 Å². The summed E-state index contributed by atoms with van der Waals surface area (Å²) < 4.78 is 16.9. The molecule has 3 atom stereocenters. The number of nitrogens with two attached hydrogens (primary N) is 1. The quantitative estimate of drug-likeness (QED) is 0.857. The minimum absolute atomic E-state index is 0.0445. The topological polar surface area (TPSA) is 53.7 Å². The van der Waals surface area contributed by atoms with Crippen LogP contribution in [-0.2, 0) is 9.47 Å². The van der Waals surface area contributed by atoms with Crippen molar-refractivity contribution in [1.82, 2.24) is 0 Å². The summed E-state index contributed by atoms with van der Waals surface area (Å²) in [6.07, 6.45) is 1.78. The molecule has 0 saturated carbocycles. The van der Waals surface area contributed by atoms with Gasteiger partial charge in [0.15, 0.2) is 0 Å². The molecule has 106 valence electrons. The third-order valence-corrected chi connectivity index (χ3v) is 3.53. The smallest absolute Gasteiger partial charge is 0.124 e. The molecule has 1 heterocycles. The molecule has 2 N–H and O–H groups in total. The molecule has 0 spiro atoms. The molecule has 1 aromatic carbocycles. The lowest BCUT2D eigenvalue weighted by atomic mass is 9.99. The second kappa shape index (κ2) is 6.89. The molecule has 0 bridgehead atoms. The molecule has 1 aliphatic heterocycles. The zero-order valence-corrected chi connectivity index (χ0v) is 11.7. The Kier molecular flexibility index (Phi) is 5.19. The Morgan fingerprint density at radius 2 is 2.21 bits per heavy atom. The van der Waals surface area contributed by atoms with Crippen molar-refractivity contribution >= 4 is 0 Å². The Hall–Kier alpha value is -1.10. The zero-order valence-electron chi connectivity index (χ0n) is 11.7. The third kappa shape index (κ3) is 3.47. The third-order valence-electron chi connectivity index (χ3n) is 3.53. The van der Waals surface area contributed by atoms with Gasteiger partial charge in [0.25, 0.3) is 0 Å². The van der Waals surface area contributed by atoms with Gasteiger partial charge in [-0.3, -0.25) is 0 Å². The van der Waals surface area contributed by atoms with Crippen LogP contribution in [0.2, 0.25) is 0 Å². The predicted molar refractivity (Wildman–Crippen MR) is 74.3 cm³/mol. The molecule has 0 radical (unpaired) electrons. The van der Waals surface area contributed by atoms with E-state index in [-0.39, 0.29) is 18.2 Å². The van der Waals surface area contributed by atoms with Crippen LogP contribution in [0, 0.1) is 0 Å². The molecule has 3 unspecified atom stereocenters. The molecule has 2 rings (SSSR count). The summed E-state index contributed by atoms with van der Waals surface area (Å²) in [7, 11) is 1.67. The van der Waals surface area contributed by atoms with Crippen LogP contribution in [0.25, 0.3) is 0 Å². The van der Waals surface area contributed by atoms with Gasteiger partial charge in [-0.15, -0.1) is 0 Å². The van der Waals surface area contributed by atoms with Crippen molar-refractivity contribution < 1.29 is 14.2 Å². The Balaban J connectivity index is 2.20. The van der Waals surface area contributed by atoms with Gasteiger partial charge >= 0.3 is 0 Å². The van der Waals surface area contributed by atoms with Gasteiger partial charge in [0.05, 0.1) is 19.8 Å². The number of ether oxygens (including phenoxy) is 3. The summed E-state index contributed by atoms with van der Waals surface area (Å²) in [5.41, 5.74) is 7.25. The highest BCUT2D eigenvalue weighted by Crippen LogP contribution is 2.32. The maximum Gasteiger partial charge on any atom is 0.124 e. The molecule has 0 aliphatic carbocycles. The first-order valence-electron chi connectivity index (χ1n) is 6.88. The van der Waals surface area contributed by atoms with Crippen molar-refractivity contribution in [1.29, 1.82) is 0 Å². The lowest BCUT2D eigenvalue weighted by Crippen LogP contribution is -2.33. The van der Waals surface area contributed by atoms with E-state index in [0.717, 1.165) is 30.8 Å². The maximum absolute atomic E-state index is 6.23. The SMILES string of the molecule is CCC(N)C(OC1CCOC1)c1ccccc1OC. The first-order chi connectivity index (χ1) is 9.26. The average Bonchev–Trinajstić information content (AvgIpc) is 2.97. The first-order valence-corrected chi connectivity index (χ1v) is 6.88. The van der Waals surface area contributed by atoms with Crippen LogP contribution in [-0.4, -0.2) is 32.5 Å². The highest BCUT2D eigenvalue weighted by molar-refractivity contribution is 5.36. The molecular formula is C15H23NO3. The van der Waals surface area contributed by atoms with E-state index in [1.54, 1.807) is 7.11 Å². The van der Waals surface area contributed by atoms with Crippen LogP contribution in [0.5, 0.6) is 5.75 Å². The van der Waals surface area contributed by atoms with E-state index in [1.165, 1.54) is 0 Å². The second-order valence-corrected chi connectivity index (χ2v) is 4.86. The van der Waals surface area contributed by atoms with Gasteiger partial charge in [-0.2, -0.15) is 0 Å². The summed E-state index contributed by atoms with van der Waals surface area (Å²) in [5.74, 6) is 0.829. The van der Waals surface area contributed by atoms with Gasteiger partial charge in [-0.25, -0.2) is 0 Å². The van der Waals surface area contributed by atoms with Crippen molar-refractivity contribution in [2.75, 3.05) is 20.3 Å². The molecule has 1 fully saturated rings. The fourth-order valence-corrected chi connectivity index (χ4v) is 2.35. The van der Waals surface area contributed by atoms with E-state index in [4.69, 9.17) is 19.9 Å². The number of para-hydroxylation sites is 1. The number of methoxy groups -OCH3 is 1. The van der Waals surface area contributed by atoms with Gasteiger partial charge < -0.3 is 19.9 Å². The minimum Gasteiger partial charge on any atom is -0.496 e. The molecular weight excluding hydrogens is 242 g/mol. The fourth-order valence-electron chi connectivity index (χ4n) is 2.35. The lowest BCUT2D eigenvalue weighted by molar-refractivity contribution is -0.0310. The van der Waals surface area contributed by atoms with E-state index in [2.05, 4.69) is 6.92 Å². The van der Waals surface area contributed by atoms with Crippen LogP contribution in [0.3, 0.4) is 0 Å². The minimum atomic E-state index is -0.146. The molecule has 1 aromatic rings. The van der Waals surface area contributed by atoms with Crippen molar-refractivity contribution in [3.05, 3.63) is 29.8 Å². The monoisotopic (exact) mass is 265 g/mol. The molecule has 4 nitrogen and oxygen atoms in total. The largest absolute Gasteiger partial charge is 0.496 e. The van der Waals surface area contributed by atoms with E-state index in [0.29, 0.717) is 6.61 Å². The molecule has 19 heavy (non-hydrogen) atoms. The average molecular weight is 265 g/mol. The van der Waals surface area contributed by atoms with Crippen LogP contribution in [0.15, 0.2) is 24.3 Å². The molecule has 4 heteroatoms. The predicted octanol–water partition coefficient (Wildman–Crippen LogP) is 2.28. The zero-order chi connectivity index (χ0) is 13.7. The number of rotatable bonds is 6. The summed E-state index contributed by atoms with van der Waals surface area (Å²) >= 11 is 0. The lowest BCUT2D eigenvalue weighted by Gasteiger charge is -2.27. The van der Waals surface area contributed by atoms with E-state index in [9.17, 15) is 0 Å². The van der Waals surface area contributed by atoms with Crippen LogP contribution in [0.1, 0.15) is 31.4 Å². The first kappa shape index (κ1) is 14.3. The van der Waals surface area contributed by atoms with Gasteiger partial charge in [-0.05, 0) is 18.9 Å². The van der Waals surface area contributed by atoms with Gasteiger partial charge in [0.1, 0.15) is 11.9 Å². The van der Waals surface area contributed by atoms with Crippen molar-refractivity contribution in [2.45, 2.75) is 38.0 Å². The molecule has 0 amide bonds. The summed E-state index contributed by atoms with van der Waals surface area (Å²) in [5, 5.41) is 0. The number of hydrogen-bond donors (Lipinski definition) is 1. The maximum atomic E-state index is 6.23. The van der Waals surface area contributed by atoms with Crippen LogP contribution in [0.4, 0.5) is 0 Å². The summed E-state index contributed by atoms with van der Waals surface area (Å²) in [6.45, 7) is 3.49. The number of benzene rings is 1. The highest BCUT2D eigenvalue weighted by atomic mass is 16.6. The molecule has 1 saturated heterocycles. The standard InChI is InChI=1S/C15H23NO3/c1-3-13(16)15(19-11-8-9-18-10-11)12-6-4-5-7-14(12)17-2/h4-7,11,13,15H,3,8-10,16H2,1-2H3. The fraction of sp³-hybridized carbons (Fsp3) is 0.600. The normalized spacial score (nSPS) is 22.2. The Morgan fingerprint density at radius 3 is 2.84 bits per heavy atom. The van der Waals surface area contributed by atoms with E-state index in [1.807, 2.05) is 24.3 Å². The summed E-state index contributed by atoms with van der Waals surface area (Å²) in [4.78, 5) is 0. The van der Waals surface area contributed by atoms with Gasteiger partial charge in [-0.1, -0.05) is 25.1 Å². The van der Waals surface area contributed by atoms with E-state index < -0.39 is 0 Å². The second-order valence-electron chi connectivity index (χ2n) is 4.86. The Morgan fingerprint density at radius 1 is 1.42 bits per heavy atom. The van der Waals surface area contributed by atoms with Crippen molar-refractivity contribution in [2.24, 2.45) is 5.73 Å². The Labute approximate surface area is 114 Å². The van der Waals surface area contributed by atoms with Crippen molar-refractivity contribution in [3.8, 4) is 5.75 Å².